The second-order valence-electron chi connectivity index (χ2n) is 6.03. The molecule has 2 fully saturated rings. The molecule has 2 atom stereocenters. The molecule has 2 nitrogen and oxygen atoms in total. The minimum absolute atomic E-state index is 0.363. The van der Waals surface area contributed by atoms with Gasteiger partial charge in [0.2, 0.25) is 0 Å². The third-order valence-electron chi connectivity index (χ3n) is 4.49. The fraction of sp³-hybridized carbons (Fsp3) is 0.733. The van der Waals surface area contributed by atoms with E-state index in [0.717, 1.165) is 21.3 Å². The van der Waals surface area contributed by atoms with Gasteiger partial charge in [-0.1, -0.05) is 29.6 Å². The van der Waals surface area contributed by atoms with Gasteiger partial charge >= 0.3 is 0 Å². The first-order chi connectivity index (χ1) is 9.65. The van der Waals surface area contributed by atoms with Gasteiger partial charge in [-0.15, -0.1) is 11.3 Å². The van der Waals surface area contributed by atoms with E-state index in [4.69, 9.17) is 23.2 Å². The molecule has 3 rings (SSSR count). The Hall–Kier alpha value is 0.200. The SMILES string of the molecule is CC(c1cc(Cl)sc1Cl)N(CC1CCCCN1)C1CC1. The van der Waals surface area contributed by atoms with E-state index in [1.54, 1.807) is 0 Å². The maximum absolute atomic E-state index is 6.34. The largest absolute Gasteiger partial charge is 0.313 e. The average Bonchev–Trinajstić information content (AvgIpc) is 3.22. The predicted octanol–water partition coefficient (Wildman–Crippen LogP) is 4.72. The van der Waals surface area contributed by atoms with Gasteiger partial charge in [0.15, 0.2) is 0 Å². The van der Waals surface area contributed by atoms with Gasteiger partial charge < -0.3 is 5.32 Å². The smallest absolute Gasteiger partial charge is 0.0991 e. The summed E-state index contributed by atoms with van der Waals surface area (Å²) in [6, 6.07) is 3.79. The van der Waals surface area contributed by atoms with Crippen LogP contribution in [0.4, 0.5) is 0 Å². The lowest BCUT2D eigenvalue weighted by molar-refractivity contribution is 0.167. The second kappa shape index (κ2) is 6.53. The van der Waals surface area contributed by atoms with Gasteiger partial charge in [0.25, 0.3) is 0 Å². The van der Waals surface area contributed by atoms with Crippen LogP contribution in [0.2, 0.25) is 8.67 Å². The van der Waals surface area contributed by atoms with Crippen LogP contribution >= 0.6 is 34.5 Å². The van der Waals surface area contributed by atoms with Gasteiger partial charge in [-0.3, -0.25) is 4.90 Å². The molecule has 1 saturated carbocycles. The number of piperidine rings is 1. The molecule has 0 radical (unpaired) electrons. The number of nitrogens with zero attached hydrogens (tertiary/aromatic N) is 1. The van der Waals surface area contributed by atoms with Crippen LogP contribution in [-0.2, 0) is 0 Å². The van der Waals surface area contributed by atoms with E-state index in [9.17, 15) is 0 Å². The molecule has 2 unspecified atom stereocenters. The van der Waals surface area contributed by atoms with E-state index >= 15 is 0 Å². The molecule has 0 amide bonds. The van der Waals surface area contributed by atoms with Crippen LogP contribution in [0.15, 0.2) is 6.07 Å². The zero-order valence-electron chi connectivity index (χ0n) is 11.9. The molecule has 2 aliphatic rings. The van der Waals surface area contributed by atoms with Crippen molar-refractivity contribution < 1.29 is 0 Å². The van der Waals surface area contributed by atoms with Crippen molar-refractivity contribution in [2.45, 2.75) is 57.2 Å². The zero-order valence-corrected chi connectivity index (χ0v) is 14.2. The summed E-state index contributed by atoms with van der Waals surface area (Å²) in [5.41, 5.74) is 1.20. The summed E-state index contributed by atoms with van der Waals surface area (Å²) in [6.07, 6.45) is 6.63. The topological polar surface area (TPSA) is 15.3 Å². The molecule has 1 saturated heterocycles. The summed E-state index contributed by atoms with van der Waals surface area (Å²) < 4.78 is 1.65. The van der Waals surface area contributed by atoms with E-state index in [0.29, 0.717) is 12.1 Å². The first-order valence-corrected chi connectivity index (χ1v) is 9.16. The van der Waals surface area contributed by atoms with Crippen LogP contribution in [0, 0.1) is 0 Å². The van der Waals surface area contributed by atoms with Crippen molar-refractivity contribution in [3.05, 3.63) is 20.3 Å². The summed E-state index contributed by atoms with van der Waals surface area (Å²) in [5, 5.41) is 3.66. The van der Waals surface area contributed by atoms with Crippen molar-refractivity contribution in [1.82, 2.24) is 10.2 Å². The minimum Gasteiger partial charge on any atom is -0.313 e. The van der Waals surface area contributed by atoms with Gasteiger partial charge in [0.05, 0.1) is 8.67 Å². The molecule has 0 aromatic carbocycles. The van der Waals surface area contributed by atoms with Crippen molar-refractivity contribution in [3.8, 4) is 0 Å². The van der Waals surface area contributed by atoms with Gasteiger partial charge in [0.1, 0.15) is 0 Å². The number of halogens is 2. The monoisotopic (exact) mass is 332 g/mol. The summed E-state index contributed by atoms with van der Waals surface area (Å²) in [6.45, 7) is 4.57. The molecule has 5 heteroatoms. The van der Waals surface area contributed by atoms with Crippen LogP contribution < -0.4 is 5.32 Å². The molecule has 1 aliphatic heterocycles. The maximum Gasteiger partial charge on any atom is 0.0991 e. The molecule has 112 valence electrons. The van der Waals surface area contributed by atoms with Gasteiger partial charge in [-0.2, -0.15) is 0 Å². The molecular formula is C15H22Cl2N2S. The van der Waals surface area contributed by atoms with Crippen LogP contribution in [0.3, 0.4) is 0 Å². The molecule has 0 bridgehead atoms. The highest BCUT2D eigenvalue weighted by Crippen LogP contribution is 2.41. The van der Waals surface area contributed by atoms with Crippen LogP contribution in [0.5, 0.6) is 0 Å². The summed E-state index contributed by atoms with van der Waals surface area (Å²) >= 11 is 13.9. The third kappa shape index (κ3) is 3.50. The lowest BCUT2D eigenvalue weighted by atomic mass is 10.0. The minimum atomic E-state index is 0.363. The molecule has 1 aliphatic carbocycles. The Bertz CT molecular complexity index is 453. The molecule has 1 aromatic heterocycles. The molecule has 20 heavy (non-hydrogen) atoms. The second-order valence-corrected chi connectivity index (χ2v) is 8.32. The third-order valence-corrected chi connectivity index (χ3v) is 6.01. The Labute approximate surface area is 135 Å². The molecular weight excluding hydrogens is 311 g/mol. The van der Waals surface area contributed by atoms with Crippen molar-refractivity contribution in [3.63, 3.8) is 0 Å². The Kier molecular flexibility index (Phi) is 4.94. The van der Waals surface area contributed by atoms with Crippen LogP contribution in [0.25, 0.3) is 0 Å². The van der Waals surface area contributed by atoms with Gasteiger partial charge in [-0.25, -0.2) is 0 Å². The van der Waals surface area contributed by atoms with Crippen molar-refractivity contribution in [2.24, 2.45) is 0 Å². The normalized spacial score (nSPS) is 25.1. The van der Waals surface area contributed by atoms with Crippen molar-refractivity contribution in [1.29, 1.82) is 0 Å². The van der Waals surface area contributed by atoms with E-state index in [1.807, 2.05) is 6.07 Å². The quantitative estimate of drug-likeness (QED) is 0.838. The summed E-state index contributed by atoms with van der Waals surface area (Å²) in [7, 11) is 0. The van der Waals surface area contributed by atoms with Gasteiger partial charge in [0, 0.05) is 30.2 Å². The summed E-state index contributed by atoms with van der Waals surface area (Å²) in [4.78, 5) is 2.63. The van der Waals surface area contributed by atoms with E-state index in [2.05, 4.69) is 17.1 Å². The number of hydrogen-bond acceptors (Lipinski definition) is 3. The average molecular weight is 333 g/mol. The highest BCUT2D eigenvalue weighted by Gasteiger charge is 2.35. The van der Waals surface area contributed by atoms with Crippen LogP contribution in [0.1, 0.15) is 50.6 Å². The fourth-order valence-corrected chi connectivity index (χ4v) is 4.81. The first kappa shape index (κ1) is 15.1. The van der Waals surface area contributed by atoms with E-state index < -0.39 is 0 Å². The standard InChI is InChI=1S/C15H22Cl2N2S/c1-10(13-8-14(16)20-15(13)17)19(12-5-6-12)9-11-4-2-3-7-18-11/h8,10-12,18H,2-7,9H2,1H3. The molecule has 1 N–H and O–H groups in total. The van der Waals surface area contributed by atoms with E-state index in [1.165, 1.54) is 55.5 Å². The molecule has 0 spiro atoms. The number of thiophene rings is 1. The lowest BCUT2D eigenvalue weighted by Gasteiger charge is -2.34. The summed E-state index contributed by atoms with van der Waals surface area (Å²) in [5.74, 6) is 0. The lowest BCUT2D eigenvalue weighted by Crippen LogP contribution is -2.45. The van der Waals surface area contributed by atoms with Crippen LogP contribution in [-0.4, -0.2) is 30.1 Å². The van der Waals surface area contributed by atoms with E-state index in [-0.39, 0.29) is 0 Å². The predicted molar refractivity (Wildman–Crippen MR) is 88.1 cm³/mol. The molecule has 2 heterocycles. The Morgan fingerprint density at radius 2 is 2.15 bits per heavy atom. The molecule has 1 aromatic rings. The van der Waals surface area contributed by atoms with Gasteiger partial charge in [-0.05, 0) is 45.2 Å². The highest BCUT2D eigenvalue weighted by molar-refractivity contribution is 7.20. The van der Waals surface area contributed by atoms with Crippen molar-refractivity contribution >= 4 is 34.5 Å². The maximum atomic E-state index is 6.34. The number of nitrogens with one attached hydrogen (secondary N) is 1. The Morgan fingerprint density at radius 1 is 1.35 bits per heavy atom. The zero-order chi connectivity index (χ0) is 14.1. The highest BCUT2D eigenvalue weighted by atomic mass is 35.5. The fourth-order valence-electron chi connectivity index (χ4n) is 3.18. The Morgan fingerprint density at radius 3 is 2.70 bits per heavy atom. The van der Waals surface area contributed by atoms with Crippen molar-refractivity contribution in [2.75, 3.05) is 13.1 Å². The number of rotatable bonds is 5. The first-order valence-electron chi connectivity index (χ1n) is 7.59. The Balaban J connectivity index is 1.71. The number of hydrogen-bond donors (Lipinski definition) is 1.